The highest BCUT2D eigenvalue weighted by atomic mass is 19.1. The molecule has 0 bridgehead atoms. The van der Waals surface area contributed by atoms with E-state index in [1.54, 1.807) is 7.05 Å². The van der Waals surface area contributed by atoms with Crippen LogP contribution in [0.3, 0.4) is 0 Å². The van der Waals surface area contributed by atoms with Gasteiger partial charge in [0.2, 0.25) is 0 Å². The first-order chi connectivity index (χ1) is 6.65. The second kappa shape index (κ2) is 2.94. The molecule has 5 heteroatoms. The summed E-state index contributed by atoms with van der Waals surface area (Å²) in [5, 5.41) is 0.0665. The summed E-state index contributed by atoms with van der Waals surface area (Å²) in [4.78, 5) is 15.7. The summed E-state index contributed by atoms with van der Waals surface area (Å²) in [6.07, 6.45) is 2.70. The summed E-state index contributed by atoms with van der Waals surface area (Å²) in [5.74, 6) is -0.511. The lowest BCUT2D eigenvalue weighted by molar-refractivity contribution is 0.630. The Morgan fingerprint density at radius 3 is 2.93 bits per heavy atom. The van der Waals surface area contributed by atoms with Crippen LogP contribution in [0.5, 0.6) is 0 Å². The summed E-state index contributed by atoms with van der Waals surface area (Å²) in [6.45, 7) is 2.31. The average molecular weight is 195 g/mol. The quantitative estimate of drug-likeness (QED) is 0.678. The number of hydrogen-bond acceptors (Lipinski definition) is 2. The molecule has 0 unspecified atom stereocenters. The summed E-state index contributed by atoms with van der Waals surface area (Å²) in [7, 11) is 1.66. The van der Waals surface area contributed by atoms with Gasteiger partial charge in [0.05, 0.1) is 6.33 Å². The van der Waals surface area contributed by atoms with Crippen molar-refractivity contribution in [2.75, 3.05) is 0 Å². The lowest BCUT2D eigenvalue weighted by Crippen LogP contribution is -2.19. The molecule has 0 aliphatic carbocycles. The maximum Gasteiger partial charge on any atom is 0.265 e. The predicted octanol–water partition coefficient (Wildman–Crippen LogP) is 0.894. The second-order valence-corrected chi connectivity index (χ2v) is 3.12. The van der Waals surface area contributed by atoms with Crippen LogP contribution in [0, 0.1) is 5.82 Å². The van der Waals surface area contributed by atoms with Gasteiger partial charge in [-0.05, 0) is 6.92 Å². The lowest BCUT2D eigenvalue weighted by atomic mass is 10.4. The number of aromatic nitrogens is 3. The van der Waals surface area contributed by atoms with Crippen LogP contribution in [0.25, 0.3) is 11.0 Å². The lowest BCUT2D eigenvalue weighted by Gasteiger charge is -2.00. The summed E-state index contributed by atoms with van der Waals surface area (Å²) in [5.41, 5.74) is 0.0628. The zero-order chi connectivity index (χ0) is 10.3. The first kappa shape index (κ1) is 8.93. The van der Waals surface area contributed by atoms with Crippen LogP contribution < -0.4 is 5.56 Å². The number of halogens is 1. The van der Waals surface area contributed by atoms with Crippen molar-refractivity contribution in [3.63, 3.8) is 0 Å². The van der Waals surface area contributed by atoms with E-state index >= 15 is 0 Å². The van der Waals surface area contributed by atoms with Crippen molar-refractivity contribution in [1.29, 1.82) is 0 Å². The molecule has 2 aromatic heterocycles. The second-order valence-electron chi connectivity index (χ2n) is 3.12. The van der Waals surface area contributed by atoms with Crippen LogP contribution >= 0.6 is 0 Å². The first-order valence-corrected chi connectivity index (χ1v) is 4.35. The van der Waals surface area contributed by atoms with Crippen molar-refractivity contribution >= 4 is 11.0 Å². The molecular formula is C9H10FN3O. The first-order valence-electron chi connectivity index (χ1n) is 4.35. The smallest absolute Gasteiger partial charge is 0.265 e. The van der Waals surface area contributed by atoms with Crippen molar-refractivity contribution < 1.29 is 4.39 Å². The Hall–Kier alpha value is -1.65. The van der Waals surface area contributed by atoms with Gasteiger partial charge < -0.3 is 4.57 Å². The van der Waals surface area contributed by atoms with Gasteiger partial charge in [0.1, 0.15) is 11.0 Å². The van der Waals surface area contributed by atoms with Crippen LogP contribution in [0.1, 0.15) is 6.92 Å². The fourth-order valence-electron chi connectivity index (χ4n) is 1.48. The third-order valence-electron chi connectivity index (χ3n) is 2.24. The van der Waals surface area contributed by atoms with Crippen LogP contribution in [0.4, 0.5) is 4.39 Å². The van der Waals surface area contributed by atoms with Gasteiger partial charge >= 0.3 is 0 Å². The summed E-state index contributed by atoms with van der Waals surface area (Å²) < 4.78 is 16.2. The van der Waals surface area contributed by atoms with Crippen molar-refractivity contribution in [3.05, 3.63) is 28.7 Å². The molecule has 0 atom stereocenters. The van der Waals surface area contributed by atoms with Crippen molar-refractivity contribution in [3.8, 4) is 0 Å². The van der Waals surface area contributed by atoms with E-state index < -0.39 is 5.82 Å². The van der Waals surface area contributed by atoms with E-state index in [-0.39, 0.29) is 10.9 Å². The van der Waals surface area contributed by atoms with E-state index in [0.717, 1.165) is 0 Å². The van der Waals surface area contributed by atoms with Gasteiger partial charge in [0.25, 0.3) is 5.56 Å². The van der Waals surface area contributed by atoms with E-state index in [2.05, 4.69) is 4.98 Å². The van der Waals surface area contributed by atoms with Crippen molar-refractivity contribution in [2.45, 2.75) is 13.5 Å². The standard InChI is InChI=1S/C9H10FN3O/c1-3-13-5-11-8-7(9(13)14)6(10)4-12(8)2/h4-5H,3H2,1-2H3. The molecule has 0 aliphatic rings. The molecule has 2 rings (SSSR count). The summed E-state index contributed by atoms with van der Waals surface area (Å²) >= 11 is 0. The topological polar surface area (TPSA) is 39.8 Å². The molecule has 0 saturated carbocycles. The van der Waals surface area contributed by atoms with Gasteiger partial charge in [-0.3, -0.25) is 9.36 Å². The number of hydrogen-bond donors (Lipinski definition) is 0. The molecule has 0 fully saturated rings. The molecule has 0 aromatic carbocycles. The molecule has 0 spiro atoms. The van der Waals surface area contributed by atoms with Gasteiger partial charge in [-0.1, -0.05) is 0 Å². The largest absolute Gasteiger partial charge is 0.332 e. The maximum absolute atomic E-state index is 13.3. The highest BCUT2D eigenvalue weighted by molar-refractivity contribution is 5.75. The van der Waals surface area contributed by atoms with Crippen LogP contribution in [0.2, 0.25) is 0 Å². The predicted molar refractivity (Wildman–Crippen MR) is 50.6 cm³/mol. The van der Waals surface area contributed by atoms with Crippen LogP contribution in [-0.4, -0.2) is 14.1 Å². The molecular weight excluding hydrogens is 185 g/mol. The van der Waals surface area contributed by atoms with Crippen LogP contribution in [0.15, 0.2) is 17.3 Å². The van der Waals surface area contributed by atoms with Crippen molar-refractivity contribution in [2.24, 2.45) is 7.05 Å². The van der Waals surface area contributed by atoms with Gasteiger partial charge in [0, 0.05) is 19.8 Å². The Bertz CT molecular complexity index is 541. The summed E-state index contributed by atoms with van der Waals surface area (Å²) in [6, 6.07) is 0. The van der Waals surface area contributed by atoms with E-state index in [1.165, 1.54) is 21.7 Å². The van der Waals surface area contributed by atoms with Gasteiger partial charge in [-0.2, -0.15) is 0 Å². The van der Waals surface area contributed by atoms with Crippen LogP contribution in [-0.2, 0) is 13.6 Å². The van der Waals surface area contributed by atoms with E-state index in [9.17, 15) is 9.18 Å². The third-order valence-corrected chi connectivity index (χ3v) is 2.24. The van der Waals surface area contributed by atoms with E-state index in [1.807, 2.05) is 6.92 Å². The zero-order valence-corrected chi connectivity index (χ0v) is 7.99. The van der Waals surface area contributed by atoms with E-state index in [0.29, 0.717) is 12.2 Å². The Morgan fingerprint density at radius 1 is 1.57 bits per heavy atom. The Morgan fingerprint density at radius 2 is 2.29 bits per heavy atom. The maximum atomic E-state index is 13.3. The molecule has 0 radical (unpaired) electrons. The highest BCUT2D eigenvalue weighted by Gasteiger charge is 2.12. The highest BCUT2D eigenvalue weighted by Crippen LogP contribution is 2.11. The minimum atomic E-state index is -0.511. The molecule has 2 aromatic rings. The average Bonchev–Trinajstić information content (AvgIpc) is 2.44. The number of nitrogens with zero attached hydrogens (tertiary/aromatic N) is 3. The zero-order valence-electron chi connectivity index (χ0n) is 7.99. The Kier molecular flexibility index (Phi) is 1.87. The van der Waals surface area contributed by atoms with Gasteiger partial charge in [-0.15, -0.1) is 0 Å². The minimum Gasteiger partial charge on any atom is -0.332 e. The number of rotatable bonds is 1. The fourth-order valence-corrected chi connectivity index (χ4v) is 1.48. The number of aryl methyl sites for hydroxylation is 2. The molecule has 2 heterocycles. The molecule has 14 heavy (non-hydrogen) atoms. The van der Waals surface area contributed by atoms with Gasteiger partial charge in [0.15, 0.2) is 5.82 Å². The molecule has 74 valence electrons. The third kappa shape index (κ3) is 1.05. The van der Waals surface area contributed by atoms with E-state index in [4.69, 9.17) is 0 Å². The molecule has 0 amide bonds. The molecule has 0 saturated heterocycles. The Balaban J connectivity index is 2.95. The fraction of sp³-hybridized carbons (Fsp3) is 0.333. The normalized spacial score (nSPS) is 11.1. The number of fused-ring (bicyclic) bond motifs is 1. The molecule has 0 N–H and O–H groups in total. The minimum absolute atomic E-state index is 0.0665. The SMILES string of the molecule is CCn1cnc2c(c(F)cn2C)c1=O. The molecule has 0 aliphatic heterocycles. The monoisotopic (exact) mass is 195 g/mol. The molecule has 4 nitrogen and oxygen atoms in total. The Labute approximate surface area is 79.6 Å². The van der Waals surface area contributed by atoms with Crippen molar-refractivity contribution in [1.82, 2.24) is 14.1 Å². The van der Waals surface area contributed by atoms with Gasteiger partial charge in [-0.25, -0.2) is 9.37 Å².